The predicted octanol–water partition coefficient (Wildman–Crippen LogP) is 2.67. The van der Waals surface area contributed by atoms with E-state index >= 15 is 0 Å². The van der Waals surface area contributed by atoms with Gasteiger partial charge in [-0.1, -0.05) is 0 Å². The lowest BCUT2D eigenvalue weighted by Crippen LogP contribution is -2.07. The zero-order valence-corrected chi connectivity index (χ0v) is 13.1. The molecule has 0 amide bonds. The van der Waals surface area contributed by atoms with Crippen molar-refractivity contribution in [2.24, 2.45) is 0 Å². The number of aromatic nitrogens is 2. The summed E-state index contributed by atoms with van der Waals surface area (Å²) in [4.78, 5) is 19.9. The predicted molar refractivity (Wildman–Crippen MR) is 91.7 cm³/mol. The number of pyridine rings is 2. The fourth-order valence-electron chi connectivity index (χ4n) is 3.24. The second-order valence-corrected chi connectivity index (χ2v) is 5.79. The van der Waals surface area contributed by atoms with Gasteiger partial charge in [0, 0.05) is 28.4 Å². The Morgan fingerprint density at radius 1 is 1.08 bits per heavy atom. The van der Waals surface area contributed by atoms with E-state index in [0.29, 0.717) is 39.1 Å². The average molecular weight is 336 g/mol. The lowest BCUT2D eigenvalue weighted by atomic mass is 10.0. The van der Waals surface area contributed by atoms with E-state index in [1.54, 1.807) is 18.3 Å². The smallest absolute Gasteiger partial charge is 0.256 e. The number of phenolic OH excluding ortho intramolecular Hbond substituents is 1. The number of hydrogen-bond donors (Lipinski definition) is 2. The van der Waals surface area contributed by atoms with Crippen molar-refractivity contribution in [2.75, 3.05) is 13.9 Å². The van der Waals surface area contributed by atoms with E-state index in [1.807, 2.05) is 6.07 Å². The monoisotopic (exact) mass is 336 g/mol. The molecule has 0 saturated carbocycles. The highest BCUT2D eigenvalue weighted by Gasteiger charge is 2.18. The molecular formula is C18H12N2O5. The fourth-order valence-corrected chi connectivity index (χ4v) is 3.24. The number of hydrogen-bond acceptors (Lipinski definition) is 6. The van der Waals surface area contributed by atoms with Gasteiger partial charge in [0.1, 0.15) is 0 Å². The highest BCUT2D eigenvalue weighted by atomic mass is 16.7. The second kappa shape index (κ2) is 4.76. The summed E-state index contributed by atoms with van der Waals surface area (Å²) in [6.07, 6.45) is 1.69. The van der Waals surface area contributed by atoms with Crippen LogP contribution in [0.3, 0.4) is 0 Å². The number of H-pyrrole nitrogens is 1. The number of aromatic hydroxyl groups is 1. The number of benzene rings is 2. The molecule has 0 fully saturated rings. The summed E-state index contributed by atoms with van der Waals surface area (Å²) in [5, 5.41) is 12.5. The van der Waals surface area contributed by atoms with Crippen LogP contribution in [0.1, 0.15) is 0 Å². The summed E-state index contributed by atoms with van der Waals surface area (Å²) >= 11 is 0. The minimum absolute atomic E-state index is 0.0861. The average Bonchev–Trinajstić information content (AvgIpc) is 3.07. The van der Waals surface area contributed by atoms with Crippen LogP contribution in [-0.2, 0) is 0 Å². The van der Waals surface area contributed by atoms with Crippen molar-refractivity contribution in [3.05, 3.63) is 40.8 Å². The van der Waals surface area contributed by atoms with Crippen LogP contribution in [0.4, 0.5) is 0 Å². The van der Waals surface area contributed by atoms with E-state index in [9.17, 15) is 9.90 Å². The molecule has 3 heterocycles. The van der Waals surface area contributed by atoms with E-state index in [1.165, 1.54) is 13.2 Å². The summed E-state index contributed by atoms with van der Waals surface area (Å²) in [6, 6.07) is 6.64. The van der Waals surface area contributed by atoms with Crippen LogP contribution < -0.4 is 19.8 Å². The molecule has 0 saturated heterocycles. The molecule has 0 atom stereocenters. The normalized spacial score (nSPS) is 13.0. The van der Waals surface area contributed by atoms with Gasteiger partial charge in [0.25, 0.3) is 5.56 Å². The minimum atomic E-state index is -0.300. The summed E-state index contributed by atoms with van der Waals surface area (Å²) in [5.41, 5.74) is 1.04. The number of phenols is 1. The molecule has 1 aliphatic heterocycles. The highest BCUT2D eigenvalue weighted by Crippen LogP contribution is 2.39. The Morgan fingerprint density at radius 2 is 1.88 bits per heavy atom. The van der Waals surface area contributed by atoms with Crippen LogP contribution in [0.5, 0.6) is 23.0 Å². The van der Waals surface area contributed by atoms with Crippen molar-refractivity contribution in [3.63, 3.8) is 0 Å². The SMILES string of the molecule is COc1cc2c(cc1O)c(=O)[nH]c1c3cc4c(cc3ncc21)OCO4. The van der Waals surface area contributed by atoms with Gasteiger partial charge in [0.2, 0.25) is 6.79 Å². The maximum absolute atomic E-state index is 12.5. The Morgan fingerprint density at radius 3 is 2.68 bits per heavy atom. The Kier molecular flexibility index (Phi) is 2.65. The van der Waals surface area contributed by atoms with Gasteiger partial charge in [-0.25, -0.2) is 0 Å². The van der Waals surface area contributed by atoms with E-state index < -0.39 is 0 Å². The number of nitrogens with zero attached hydrogens (tertiary/aromatic N) is 1. The zero-order chi connectivity index (χ0) is 17.1. The number of nitrogens with one attached hydrogen (secondary N) is 1. The molecule has 4 aromatic rings. The van der Waals surface area contributed by atoms with Crippen molar-refractivity contribution in [2.45, 2.75) is 0 Å². The van der Waals surface area contributed by atoms with Crippen molar-refractivity contribution in [1.29, 1.82) is 0 Å². The van der Waals surface area contributed by atoms with Crippen molar-refractivity contribution >= 4 is 32.6 Å². The molecule has 0 radical (unpaired) electrons. The number of ether oxygens (including phenoxy) is 3. The van der Waals surface area contributed by atoms with E-state index in [2.05, 4.69) is 9.97 Å². The molecule has 7 nitrogen and oxygen atoms in total. The molecule has 0 spiro atoms. The van der Waals surface area contributed by atoms with Crippen molar-refractivity contribution in [1.82, 2.24) is 9.97 Å². The lowest BCUT2D eigenvalue weighted by molar-refractivity contribution is 0.174. The molecule has 0 bridgehead atoms. The van der Waals surface area contributed by atoms with Crippen molar-refractivity contribution in [3.8, 4) is 23.0 Å². The summed E-state index contributed by atoms with van der Waals surface area (Å²) in [5.74, 6) is 1.46. The van der Waals surface area contributed by atoms with E-state index in [-0.39, 0.29) is 18.1 Å². The van der Waals surface area contributed by atoms with Gasteiger partial charge in [-0.3, -0.25) is 9.78 Å². The molecule has 5 rings (SSSR count). The van der Waals surface area contributed by atoms with Gasteiger partial charge in [0.15, 0.2) is 23.0 Å². The minimum Gasteiger partial charge on any atom is -0.504 e. The molecule has 7 heteroatoms. The van der Waals surface area contributed by atoms with Crippen LogP contribution >= 0.6 is 0 Å². The van der Waals surface area contributed by atoms with Gasteiger partial charge in [-0.05, 0) is 18.2 Å². The lowest BCUT2D eigenvalue weighted by Gasteiger charge is -2.10. The standard InChI is InChI=1S/C18H12N2O5/c1-23-14-3-8-9(2-13(14)21)18(22)20-17-10-4-15-16(25-7-24-15)5-12(10)19-6-11(8)17/h2-6,21H,7H2,1H3,(H,20,22). The number of aromatic amines is 1. The molecule has 2 aromatic carbocycles. The zero-order valence-electron chi connectivity index (χ0n) is 13.1. The molecule has 124 valence electrons. The van der Waals surface area contributed by atoms with Crippen LogP contribution in [0.2, 0.25) is 0 Å². The molecule has 1 aliphatic rings. The summed E-state index contributed by atoms with van der Waals surface area (Å²) in [6.45, 7) is 0.166. The maximum atomic E-state index is 12.5. The van der Waals surface area contributed by atoms with Gasteiger partial charge in [0.05, 0.1) is 23.5 Å². The third-order valence-electron chi connectivity index (χ3n) is 4.45. The number of fused-ring (bicyclic) bond motifs is 6. The van der Waals surface area contributed by atoms with Gasteiger partial charge < -0.3 is 24.3 Å². The molecule has 25 heavy (non-hydrogen) atoms. The number of methoxy groups -OCH3 is 1. The van der Waals surface area contributed by atoms with E-state index in [4.69, 9.17) is 14.2 Å². The maximum Gasteiger partial charge on any atom is 0.256 e. The van der Waals surface area contributed by atoms with Gasteiger partial charge in [-0.2, -0.15) is 0 Å². The highest BCUT2D eigenvalue weighted by molar-refractivity contribution is 6.14. The first-order valence-corrected chi connectivity index (χ1v) is 7.61. The van der Waals surface area contributed by atoms with Crippen LogP contribution in [-0.4, -0.2) is 29.0 Å². The molecular weight excluding hydrogens is 324 g/mol. The Bertz CT molecular complexity index is 1250. The van der Waals surface area contributed by atoms with Gasteiger partial charge in [-0.15, -0.1) is 0 Å². The molecule has 0 unspecified atom stereocenters. The largest absolute Gasteiger partial charge is 0.504 e. The van der Waals surface area contributed by atoms with Crippen LogP contribution in [0.25, 0.3) is 32.6 Å². The topological polar surface area (TPSA) is 93.7 Å². The van der Waals surface area contributed by atoms with Crippen LogP contribution in [0.15, 0.2) is 35.3 Å². The molecule has 2 N–H and O–H groups in total. The van der Waals surface area contributed by atoms with Crippen LogP contribution in [0, 0.1) is 0 Å². The fraction of sp³-hybridized carbons (Fsp3) is 0.111. The third kappa shape index (κ3) is 1.86. The quantitative estimate of drug-likeness (QED) is 0.519. The molecule has 2 aromatic heterocycles. The first-order valence-electron chi connectivity index (χ1n) is 7.61. The summed E-state index contributed by atoms with van der Waals surface area (Å²) in [7, 11) is 1.46. The Labute approximate surface area is 140 Å². The van der Waals surface area contributed by atoms with Crippen molar-refractivity contribution < 1.29 is 19.3 Å². The summed E-state index contributed by atoms with van der Waals surface area (Å²) < 4.78 is 16.0. The molecule has 0 aliphatic carbocycles. The van der Waals surface area contributed by atoms with Gasteiger partial charge >= 0.3 is 0 Å². The van der Waals surface area contributed by atoms with E-state index in [0.717, 1.165) is 10.8 Å². The Balaban J connectivity index is 1.97. The first kappa shape index (κ1) is 13.9. The Hall–Kier alpha value is -3.48. The first-order chi connectivity index (χ1) is 12.2. The number of rotatable bonds is 1. The second-order valence-electron chi connectivity index (χ2n) is 5.79. The third-order valence-corrected chi connectivity index (χ3v) is 4.45.